The molecule has 0 unspecified atom stereocenters. The minimum atomic E-state index is -4.07. The largest absolute Gasteiger partial charge is 0.316 e. The van der Waals surface area contributed by atoms with Crippen molar-refractivity contribution in [2.75, 3.05) is 6.54 Å². The van der Waals surface area contributed by atoms with Crippen molar-refractivity contribution in [3.8, 4) is 0 Å². The number of hydrogen-bond donors (Lipinski definition) is 1. The molecule has 2 aromatic heterocycles. The normalized spacial score (nSPS) is 12.0. The zero-order valence-electron chi connectivity index (χ0n) is 12.7. The summed E-state index contributed by atoms with van der Waals surface area (Å²) in [6.07, 6.45) is 1.95. The molecule has 0 atom stereocenters. The Hall–Kier alpha value is -2.39. The zero-order valence-corrected chi connectivity index (χ0v) is 13.5. The summed E-state index contributed by atoms with van der Waals surface area (Å²) in [5.41, 5.74) is 1.40. The molecule has 3 aromatic rings. The van der Waals surface area contributed by atoms with Crippen molar-refractivity contribution in [3.63, 3.8) is 0 Å². The lowest BCUT2D eigenvalue weighted by molar-refractivity contribution is 0.543. The summed E-state index contributed by atoms with van der Waals surface area (Å²) in [6.45, 7) is 0.0241. The second-order valence-corrected chi connectivity index (χ2v) is 6.89. The molecule has 0 spiro atoms. The van der Waals surface area contributed by atoms with Crippen molar-refractivity contribution in [1.29, 1.82) is 0 Å². The van der Waals surface area contributed by atoms with Crippen LogP contribution >= 0.6 is 0 Å². The highest BCUT2D eigenvalue weighted by molar-refractivity contribution is 7.89. The average molecular weight is 352 g/mol. The molecule has 0 fully saturated rings. The van der Waals surface area contributed by atoms with Crippen molar-refractivity contribution in [1.82, 2.24) is 19.3 Å². The SMILES string of the molecule is Cn1c(CCNS(=O)(=O)c2ccc(F)cc2F)nc2cccnc21. The van der Waals surface area contributed by atoms with E-state index in [1.54, 1.807) is 23.9 Å². The number of sulfonamides is 1. The zero-order chi connectivity index (χ0) is 17.3. The Morgan fingerprint density at radius 3 is 2.75 bits per heavy atom. The van der Waals surface area contributed by atoms with E-state index in [0.717, 1.165) is 12.1 Å². The first kappa shape index (κ1) is 16.5. The van der Waals surface area contributed by atoms with Crippen molar-refractivity contribution in [3.05, 3.63) is 54.0 Å². The molecule has 3 rings (SSSR count). The van der Waals surface area contributed by atoms with Gasteiger partial charge in [0.25, 0.3) is 0 Å². The topological polar surface area (TPSA) is 76.9 Å². The van der Waals surface area contributed by atoms with Crippen LogP contribution in [0.15, 0.2) is 41.4 Å². The molecule has 0 saturated heterocycles. The lowest BCUT2D eigenvalue weighted by Crippen LogP contribution is -2.27. The Morgan fingerprint density at radius 2 is 2.04 bits per heavy atom. The Bertz CT molecular complexity index is 1000. The van der Waals surface area contributed by atoms with Crippen LogP contribution in [-0.4, -0.2) is 29.5 Å². The van der Waals surface area contributed by atoms with Gasteiger partial charge in [-0.3, -0.25) is 0 Å². The van der Waals surface area contributed by atoms with Crippen molar-refractivity contribution >= 4 is 21.2 Å². The fraction of sp³-hybridized carbons (Fsp3) is 0.200. The van der Waals surface area contributed by atoms with E-state index < -0.39 is 26.6 Å². The summed E-state index contributed by atoms with van der Waals surface area (Å²) >= 11 is 0. The Kier molecular flexibility index (Phi) is 4.29. The average Bonchev–Trinajstić information content (AvgIpc) is 2.84. The number of halogens is 2. The molecular formula is C15H14F2N4O2S. The third kappa shape index (κ3) is 3.13. The number of fused-ring (bicyclic) bond motifs is 1. The number of hydrogen-bond acceptors (Lipinski definition) is 4. The van der Waals surface area contributed by atoms with Crippen LogP contribution in [0.5, 0.6) is 0 Å². The second kappa shape index (κ2) is 6.25. The predicted octanol–water partition coefficient (Wildman–Crippen LogP) is 1.77. The number of rotatable bonds is 5. The van der Waals surface area contributed by atoms with Crippen LogP contribution in [0.4, 0.5) is 8.78 Å². The third-order valence-electron chi connectivity index (χ3n) is 3.54. The van der Waals surface area contributed by atoms with E-state index >= 15 is 0 Å². The molecule has 2 heterocycles. The number of nitrogens with zero attached hydrogens (tertiary/aromatic N) is 3. The maximum absolute atomic E-state index is 13.6. The van der Waals surface area contributed by atoms with Crippen LogP contribution in [0, 0.1) is 11.6 Å². The quantitative estimate of drug-likeness (QED) is 0.759. The van der Waals surface area contributed by atoms with E-state index in [1.807, 2.05) is 6.07 Å². The number of imidazole rings is 1. The maximum Gasteiger partial charge on any atom is 0.243 e. The summed E-state index contributed by atoms with van der Waals surface area (Å²) in [5.74, 6) is -1.32. The number of benzene rings is 1. The van der Waals surface area contributed by atoms with Gasteiger partial charge in [0.1, 0.15) is 27.9 Å². The van der Waals surface area contributed by atoms with Gasteiger partial charge in [0.15, 0.2) is 5.65 Å². The predicted molar refractivity (Wildman–Crippen MR) is 83.8 cm³/mol. The molecule has 24 heavy (non-hydrogen) atoms. The molecule has 0 amide bonds. The van der Waals surface area contributed by atoms with Crippen molar-refractivity contribution in [2.45, 2.75) is 11.3 Å². The van der Waals surface area contributed by atoms with Gasteiger partial charge in [-0.05, 0) is 24.3 Å². The molecule has 9 heteroatoms. The molecule has 1 N–H and O–H groups in total. The molecule has 0 aliphatic heterocycles. The minimum Gasteiger partial charge on any atom is -0.316 e. The first-order valence-electron chi connectivity index (χ1n) is 7.09. The lowest BCUT2D eigenvalue weighted by Gasteiger charge is -2.08. The number of nitrogens with one attached hydrogen (secondary N) is 1. The standard InChI is InChI=1S/C15H14F2N4O2S/c1-21-14(20-12-3-2-7-18-15(12)21)6-8-19-24(22,23)13-5-4-10(16)9-11(13)17/h2-5,7,9,19H,6,8H2,1H3. The Labute approximate surface area is 137 Å². The first-order valence-corrected chi connectivity index (χ1v) is 8.58. The van der Waals surface area contributed by atoms with E-state index in [1.165, 1.54) is 0 Å². The van der Waals surface area contributed by atoms with Crippen LogP contribution < -0.4 is 4.72 Å². The van der Waals surface area contributed by atoms with E-state index in [0.29, 0.717) is 29.5 Å². The highest BCUT2D eigenvalue weighted by Crippen LogP contribution is 2.16. The molecule has 0 bridgehead atoms. The molecule has 0 saturated carbocycles. The molecule has 0 aliphatic rings. The van der Waals surface area contributed by atoms with Gasteiger partial charge in [-0.1, -0.05) is 0 Å². The molecule has 6 nitrogen and oxygen atoms in total. The fourth-order valence-electron chi connectivity index (χ4n) is 2.36. The monoisotopic (exact) mass is 352 g/mol. The smallest absolute Gasteiger partial charge is 0.243 e. The van der Waals surface area contributed by atoms with E-state index in [9.17, 15) is 17.2 Å². The summed E-state index contributed by atoms with van der Waals surface area (Å²) < 4.78 is 54.8. The molecular weight excluding hydrogens is 338 g/mol. The summed E-state index contributed by atoms with van der Waals surface area (Å²) in [6, 6.07) is 5.90. The van der Waals surface area contributed by atoms with Gasteiger partial charge < -0.3 is 4.57 Å². The summed E-state index contributed by atoms with van der Waals surface area (Å²) in [5, 5.41) is 0. The Balaban J connectivity index is 1.74. The van der Waals surface area contributed by atoms with Crippen LogP contribution in [0.3, 0.4) is 0 Å². The number of aromatic nitrogens is 3. The molecule has 0 aliphatic carbocycles. The lowest BCUT2D eigenvalue weighted by atomic mass is 10.3. The van der Waals surface area contributed by atoms with Gasteiger partial charge in [-0.25, -0.2) is 31.9 Å². The Morgan fingerprint density at radius 1 is 1.25 bits per heavy atom. The van der Waals surface area contributed by atoms with Gasteiger partial charge in [0.05, 0.1) is 0 Å². The second-order valence-electron chi connectivity index (χ2n) is 5.16. The van der Waals surface area contributed by atoms with Gasteiger partial charge >= 0.3 is 0 Å². The highest BCUT2D eigenvalue weighted by atomic mass is 32.2. The minimum absolute atomic E-state index is 0.0241. The first-order chi connectivity index (χ1) is 11.4. The number of aryl methyl sites for hydroxylation is 1. The highest BCUT2D eigenvalue weighted by Gasteiger charge is 2.19. The summed E-state index contributed by atoms with van der Waals surface area (Å²) in [7, 11) is -2.28. The van der Waals surface area contributed by atoms with E-state index in [2.05, 4.69) is 14.7 Å². The van der Waals surface area contributed by atoms with E-state index in [-0.39, 0.29) is 6.54 Å². The van der Waals surface area contributed by atoms with Crippen LogP contribution in [0.1, 0.15) is 5.82 Å². The molecule has 0 radical (unpaired) electrons. The van der Waals surface area contributed by atoms with Crippen molar-refractivity contribution in [2.24, 2.45) is 7.05 Å². The van der Waals surface area contributed by atoms with Crippen LogP contribution in [-0.2, 0) is 23.5 Å². The van der Waals surface area contributed by atoms with Crippen LogP contribution in [0.2, 0.25) is 0 Å². The van der Waals surface area contributed by atoms with Crippen molar-refractivity contribution < 1.29 is 17.2 Å². The van der Waals surface area contributed by atoms with Gasteiger partial charge in [-0.15, -0.1) is 0 Å². The molecule has 126 valence electrons. The number of pyridine rings is 1. The van der Waals surface area contributed by atoms with E-state index in [4.69, 9.17) is 0 Å². The maximum atomic E-state index is 13.6. The third-order valence-corrected chi connectivity index (χ3v) is 5.04. The summed E-state index contributed by atoms with van der Waals surface area (Å²) in [4.78, 5) is 7.99. The van der Waals surface area contributed by atoms with Gasteiger partial charge in [-0.2, -0.15) is 0 Å². The fourth-order valence-corrected chi connectivity index (χ4v) is 3.45. The molecule has 1 aromatic carbocycles. The van der Waals surface area contributed by atoms with Gasteiger partial charge in [0, 0.05) is 32.3 Å². The van der Waals surface area contributed by atoms with Gasteiger partial charge in [0.2, 0.25) is 10.0 Å². The van der Waals surface area contributed by atoms with Crippen LogP contribution in [0.25, 0.3) is 11.2 Å².